The Kier molecular flexibility index (Phi) is 3.72. The lowest BCUT2D eigenvalue weighted by Gasteiger charge is -2.07. The number of hydrogen-bond donors (Lipinski definition) is 2. The van der Waals surface area contributed by atoms with Crippen LogP contribution in [-0.2, 0) is 14.1 Å². The van der Waals surface area contributed by atoms with Gasteiger partial charge in [0.05, 0.1) is 17.6 Å². The quantitative estimate of drug-likeness (QED) is 0.751. The van der Waals surface area contributed by atoms with Gasteiger partial charge in [0.25, 0.3) is 11.5 Å². The summed E-state index contributed by atoms with van der Waals surface area (Å²) in [7, 11) is 3.40. The largest absolute Gasteiger partial charge is 0.383 e. The minimum atomic E-state index is -0.466. The first kappa shape index (κ1) is 15.6. The van der Waals surface area contributed by atoms with E-state index in [-0.39, 0.29) is 22.6 Å². The highest BCUT2D eigenvalue weighted by molar-refractivity contribution is 6.07. The first-order valence-corrected chi connectivity index (χ1v) is 7.34. The Morgan fingerprint density at radius 1 is 1.21 bits per heavy atom. The first-order valence-electron chi connectivity index (χ1n) is 7.34. The Balaban J connectivity index is 2.03. The second-order valence-corrected chi connectivity index (χ2v) is 5.46. The molecule has 0 saturated carbocycles. The molecule has 3 rings (SSSR count). The van der Waals surface area contributed by atoms with Crippen molar-refractivity contribution in [3.05, 3.63) is 58.1 Å². The van der Waals surface area contributed by atoms with Crippen LogP contribution in [0.3, 0.4) is 0 Å². The fourth-order valence-corrected chi connectivity index (χ4v) is 2.52. The summed E-state index contributed by atoms with van der Waals surface area (Å²) in [6.07, 6.45) is 1.37. The molecule has 3 aromatic rings. The number of aryl methyl sites for hydroxylation is 1. The molecule has 0 spiro atoms. The van der Waals surface area contributed by atoms with Gasteiger partial charge < -0.3 is 11.1 Å². The lowest BCUT2D eigenvalue weighted by Crippen LogP contribution is -2.23. The second kappa shape index (κ2) is 5.73. The van der Waals surface area contributed by atoms with Crippen LogP contribution in [0.15, 0.2) is 41.3 Å². The molecule has 8 nitrogen and oxygen atoms in total. The summed E-state index contributed by atoms with van der Waals surface area (Å²) in [5, 5.41) is 6.59. The predicted octanol–water partition coefficient (Wildman–Crippen LogP) is 1.05. The van der Waals surface area contributed by atoms with Gasteiger partial charge in [-0.1, -0.05) is 18.2 Å². The lowest BCUT2D eigenvalue weighted by atomic mass is 10.3. The summed E-state index contributed by atoms with van der Waals surface area (Å²) in [5.74, 6) is -0.226. The zero-order valence-electron chi connectivity index (χ0n) is 13.6. The number of amides is 1. The third-order valence-corrected chi connectivity index (χ3v) is 4.02. The number of anilines is 2. The summed E-state index contributed by atoms with van der Waals surface area (Å²) >= 11 is 0. The van der Waals surface area contributed by atoms with Gasteiger partial charge in [0, 0.05) is 14.1 Å². The maximum absolute atomic E-state index is 12.7. The van der Waals surface area contributed by atoms with Gasteiger partial charge in [0.1, 0.15) is 17.1 Å². The Hall–Kier alpha value is -3.29. The molecule has 0 unspecified atom stereocenters. The lowest BCUT2D eigenvalue weighted by molar-refractivity contribution is 0.102. The highest BCUT2D eigenvalue weighted by atomic mass is 16.2. The number of carbonyl (C=O) groups excluding carboxylic acids is 1. The van der Waals surface area contributed by atoms with Crippen molar-refractivity contribution in [3.8, 4) is 5.69 Å². The van der Waals surface area contributed by atoms with Crippen molar-refractivity contribution >= 4 is 17.4 Å². The number of benzene rings is 1. The highest BCUT2D eigenvalue weighted by Gasteiger charge is 2.20. The Morgan fingerprint density at radius 2 is 1.88 bits per heavy atom. The topological polar surface area (TPSA) is 99.9 Å². The van der Waals surface area contributed by atoms with Crippen molar-refractivity contribution in [1.29, 1.82) is 0 Å². The van der Waals surface area contributed by atoms with Gasteiger partial charge in [-0.25, -0.2) is 4.68 Å². The molecule has 1 aromatic carbocycles. The number of nitrogens with zero attached hydrogens (tertiary/aromatic N) is 4. The number of carbonyl (C=O) groups is 1. The molecule has 24 heavy (non-hydrogen) atoms. The summed E-state index contributed by atoms with van der Waals surface area (Å²) in [5.41, 5.74) is 7.30. The zero-order chi connectivity index (χ0) is 17.4. The van der Waals surface area contributed by atoms with E-state index in [0.29, 0.717) is 5.69 Å². The fraction of sp³-hybridized carbons (Fsp3) is 0.188. The van der Waals surface area contributed by atoms with Crippen LogP contribution < -0.4 is 16.6 Å². The van der Waals surface area contributed by atoms with E-state index in [1.807, 2.05) is 30.3 Å². The second-order valence-electron chi connectivity index (χ2n) is 5.46. The van der Waals surface area contributed by atoms with Crippen LogP contribution >= 0.6 is 0 Å². The smallest absolute Gasteiger partial charge is 0.295 e. The normalized spacial score (nSPS) is 10.8. The monoisotopic (exact) mass is 326 g/mol. The molecule has 124 valence electrons. The first-order chi connectivity index (χ1) is 11.4. The van der Waals surface area contributed by atoms with Crippen molar-refractivity contribution < 1.29 is 4.79 Å². The molecule has 2 heterocycles. The number of nitrogens with one attached hydrogen (secondary N) is 1. The standard InChI is InChI=1S/C16H18N6O2/c1-10-13(19-15(23)12-9-18-20(2)14(12)17)16(24)22(21(10)3)11-7-5-4-6-8-11/h4-9H,17H2,1-3H3,(H,19,23). The van der Waals surface area contributed by atoms with Gasteiger partial charge in [-0.2, -0.15) is 5.10 Å². The molecular formula is C16H18N6O2. The molecule has 1 amide bonds. The van der Waals surface area contributed by atoms with Crippen LogP contribution in [0, 0.1) is 6.92 Å². The fourth-order valence-electron chi connectivity index (χ4n) is 2.52. The van der Waals surface area contributed by atoms with Gasteiger partial charge >= 0.3 is 0 Å². The van der Waals surface area contributed by atoms with Crippen molar-refractivity contribution in [2.24, 2.45) is 14.1 Å². The van der Waals surface area contributed by atoms with Crippen molar-refractivity contribution in [2.75, 3.05) is 11.1 Å². The predicted molar refractivity (Wildman–Crippen MR) is 91.3 cm³/mol. The SMILES string of the molecule is Cc1c(NC(=O)c2cnn(C)c2N)c(=O)n(-c2ccccc2)n1C. The number of para-hydroxylation sites is 1. The summed E-state index contributed by atoms with van der Waals surface area (Å²) in [6, 6.07) is 9.21. The molecule has 0 atom stereocenters. The van der Waals surface area contributed by atoms with E-state index >= 15 is 0 Å². The van der Waals surface area contributed by atoms with Crippen LogP contribution in [0.5, 0.6) is 0 Å². The molecular weight excluding hydrogens is 308 g/mol. The van der Waals surface area contributed by atoms with E-state index in [2.05, 4.69) is 10.4 Å². The number of aromatic nitrogens is 4. The molecule has 0 aliphatic rings. The zero-order valence-corrected chi connectivity index (χ0v) is 13.6. The molecule has 2 aromatic heterocycles. The van der Waals surface area contributed by atoms with Gasteiger partial charge in [-0.15, -0.1) is 0 Å². The van der Waals surface area contributed by atoms with Crippen LogP contribution in [0.4, 0.5) is 11.5 Å². The molecule has 8 heteroatoms. The van der Waals surface area contributed by atoms with Gasteiger partial charge in [0.2, 0.25) is 0 Å². The summed E-state index contributed by atoms with van der Waals surface area (Å²) < 4.78 is 4.59. The van der Waals surface area contributed by atoms with E-state index in [9.17, 15) is 9.59 Å². The van der Waals surface area contributed by atoms with E-state index < -0.39 is 5.91 Å². The summed E-state index contributed by atoms with van der Waals surface area (Å²) in [4.78, 5) is 25.2. The third kappa shape index (κ3) is 2.37. The molecule has 0 saturated heterocycles. The number of rotatable bonds is 3. The third-order valence-electron chi connectivity index (χ3n) is 4.02. The van der Waals surface area contributed by atoms with E-state index in [4.69, 9.17) is 5.73 Å². The van der Waals surface area contributed by atoms with E-state index in [1.165, 1.54) is 15.6 Å². The molecule has 0 aliphatic heterocycles. The van der Waals surface area contributed by atoms with Crippen LogP contribution in [0.25, 0.3) is 5.69 Å². The number of nitrogens with two attached hydrogens (primary N) is 1. The van der Waals surface area contributed by atoms with Crippen LogP contribution in [-0.4, -0.2) is 25.1 Å². The Morgan fingerprint density at radius 3 is 2.46 bits per heavy atom. The van der Waals surface area contributed by atoms with Crippen molar-refractivity contribution in [1.82, 2.24) is 19.1 Å². The minimum absolute atomic E-state index is 0.217. The van der Waals surface area contributed by atoms with Crippen molar-refractivity contribution in [3.63, 3.8) is 0 Å². The Labute approximate surface area is 138 Å². The van der Waals surface area contributed by atoms with Gasteiger partial charge in [-0.05, 0) is 19.1 Å². The van der Waals surface area contributed by atoms with Crippen LogP contribution in [0.2, 0.25) is 0 Å². The Bertz CT molecular complexity index is 965. The maximum Gasteiger partial charge on any atom is 0.295 e. The molecule has 0 fully saturated rings. The maximum atomic E-state index is 12.7. The molecule has 0 bridgehead atoms. The van der Waals surface area contributed by atoms with E-state index in [0.717, 1.165) is 5.69 Å². The molecule has 3 N–H and O–H groups in total. The summed E-state index contributed by atoms with van der Waals surface area (Å²) in [6.45, 7) is 1.77. The minimum Gasteiger partial charge on any atom is -0.383 e. The van der Waals surface area contributed by atoms with E-state index in [1.54, 1.807) is 25.7 Å². The highest BCUT2D eigenvalue weighted by Crippen LogP contribution is 2.16. The number of nitrogen functional groups attached to an aromatic ring is 1. The average molecular weight is 326 g/mol. The molecule has 0 aliphatic carbocycles. The van der Waals surface area contributed by atoms with Gasteiger partial charge in [-0.3, -0.25) is 19.0 Å². The molecule has 0 radical (unpaired) electrons. The van der Waals surface area contributed by atoms with Crippen LogP contribution in [0.1, 0.15) is 16.1 Å². The number of hydrogen-bond acceptors (Lipinski definition) is 4. The average Bonchev–Trinajstić information content (AvgIpc) is 3.01. The van der Waals surface area contributed by atoms with Crippen molar-refractivity contribution in [2.45, 2.75) is 6.92 Å². The van der Waals surface area contributed by atoms with Gasteiger partial charge in [0.15, 0.2) is 0 Å².